The van der Waals surface area contributed by atoms with E-state index in [1.54, 1.807) is 11.4 Å². The van der Waals surface area contributed by atoms with Crippen molar-refractivity contribution in [2.24, 2.45) is 0 Å². The van der Waals surface area contributed by atoms with Gasteiger partial charge < -0.3 is 14.6 Å². The summed E-state index contributed by atoms with van der Waals surface area (Å²) in [6.45, 7) is 2.72. The van der Waals surface area contributed by atoms with E-state index >= 15 is 0 Å². The Morgan fingerprint density at radius 1 is 1.29 bits per heavy atom. The Labute approximate surface area is 189 Å². The molecule has 3 aromatic rings. The highest BCUT2D eigenvalue weighted by Gasteiger charge is 2.18. The van der Waals surface area contributed by atoms with E-state index in [0.717, 1.165) is 30.0 Å². The fraction of sp³-hybridized carbons (Fsp3) is 0.364. The number of carbonyl (C=O) groups excluding carboxylic acids is 1. The van der Waals surface area contributed by atoms with Gasteiger partial charge in [0.15, 0.2) is 11.0 Å². The number of nitriles is 1. The van der Waals surface area contributed by atoms with Crippen molar-refractivity contribution < 1.29 is 9.53 Å². The van der Waals surface area contributed by atoms with Gasteiger partial charge in [0, 0.05) is 12.1 Å². The monoisotopic (exact) mass is 453 g/mol. The second kappa shape index (κ2) is 9.98. The number of carbonyl (C=O) groups is 1. The predicted molar refractivity (Wildman–Crippen MR) is 122 cm³/mol. The maximum Gasteiger partial charge on any atom is 0.235 e. The van der Waals surface area contributed by atoms with Crippen molar-refractivity contribution in [1.82, 2.24) is 14.8 Å². The first-order valence-corrected chi connectivity index (χ1v) is 12.1. The van der Waals surface area contributed by atoms with Crippen molar-refractivity contribution in [2.75, 3.05) is 11.1 Å². The van der Waals surface area contributed by atoms with Gasteiger partial charge >= 0.3 is 0 Å². The summed E-state index contributed by atoms with van der Waals surface area (Å²) in [5.74, 6) is 1.66. The average molecular weight is 454 g/mol. The van der Waals surface area contributed by atoms with Crippen LogP contribution in [0.5, 0.6) is 5.75 Å². The molecule has 9 heteroatoms. The molecule has 4 rings (SSSR count). The summed E-state index contributed by atoms with van der Waals surface area (Å²) in [6, 6.07) is 11.7. The fourth-order valence-corrected chi connectivity index (χ4v) is 5.12. The van der Waals surface area contributed by atoms with Crippen molar-refractivity contribution >= 4 is 34.0 Å². The van der Waals surface area contributed by atoms with Gasteiger partial charge in [0.2, 0.25) is 5.91 Å². The Morgan fingerprint density at radius 2 is 2.06 bits per heavy atom. The lowest BCUT2D eigenvalue weighted by Crippen LogP contribution is -2.14. The summed E-state index contributed by atoms with van der Waals surface area (Å²) in [6.07, 6.45) is 5.08. The van der Waals surface area contributed by atoms with E-state index < -0.39 is 0 Å². The zero-order valence-electron chi connectivity index (χ0n) is 17.2. The van der Waals surface area contributed by atoms with Crippen LogP contribution in [0.3, 0.4) is 0 Å². The summed E-state index contributed by atoms with van der Waals surface area (Å²) in [5.41, 5.74) is 1.43. The SMILES string of the molecule is CCn1c(SCC(=O)Nc2sccc2C#N)nnc1-c1ccc(OC2CCCC2)cc1. The molecule has 0 radical (unpaired) electrons. The Hall–Kier alpha value is -2.83. The number of benzene rings is 1. The number of nitrogens with one attached hydrogen (secondary N) is 1. The Balaban J connectivity index is 1.40. The highest BCUT2D eigenvalue weighted by molar-refractivity contribution is 7.99. The second-order valence-electron chi connectivity index (χ2n) is 7.21. The van der Waals surface area contributed by atoms with Crippen LogP contribution < -0.4 is 10.1 Å². The molecule has 0 aliphatic heterocycles. The first kappa shape index (κ1) is 21.4. The molecule has 160 valence electrons. The van der Waals surface area contributed by atoms with Gasteiger partial charge in [0.1, 0.15) is 16.8 Å². The van der Waals surface area contributed by atoms with Gasteiger partial charge in [-0.3, -0.25) is 4.79 Å². The molecule has 0 saturated heterocycles. The largest absolute Gasteiger partial charge is 0.490 e. The van der Waals surface area contributed by atoms with E-state index in [0.29, 0.717) is 28.4 Å². The third kappa shape index (κ3) is 5.09. The molecular weight excluding hydrogens is 430 g/mol. The molecule has 1 amide bonds. The van der Waals surface area contributed by atoms with E-state index in [1.807, 2.05) is 35.8 Å². The van der Waals surface area contributed by atoms with Crippen LogP contribution in [0, 0.1) is 11.3 Å². The van der Waals surface area contributed by atoms with Crippen LogP contribution in [0.15, 0.2) is 40.9 Å². The van der Waals surface area contributed by atoms with Crippen LogP contribution in [-0.4, -0.2) is 32.5 Å². The molecule has 0 bridgehead atoms. The fourth-order valence-electron chi connectivity index (χ4n) is 3.56. The predicted octanol–water partition coefficient (Wildman–Crippen LogP) is 4.95. The van der Waals surface area contributed by atoms with Crippen LogP contribution >= 0.6 is 23.1 Å². The van der Waals surface area contributed by atoms with Gasteiger partial charge in [-0.15, -0.1) is 21.5 Å². The topological polar surface area (TPSA) is 92.8 Å². The van der Waals surface area contributed by atoms with Crippen LogP contribution in [-0.2, 0) is 11.3 Å². The zero-order valence-corrected chi connectivity index (χ0v) is 18.8. The highest BCUT2D eigenvalue weighted by atomic mass is 32.2. The standard InChI is InChI=1S/C22H23N5O2S2/c1-2-27-20(15-7-9-18(10-8-15)29-17-5-3-4-6-17)25-26-22(27)31-14-19(28)24-21-16(13-23)11-12-30-21/h7-12,17H,2-6,14H2,1H3,(H,24,28). The van der Waals surface area contributed by atoms with E-state index in [9.17, 15) is 4.79 Å². The van der Waals surface area contributed by atoms with Gasteiger partial charge in [-0.1, -0.05) is 11.8 Å². The Bertz CT molecular complexity index is 1080. The Morgan fingerprint density at radius 3 is 2.77 bits per heavy atom. The average Bonchev–Trinajstić information content (AvgIpc) is 3.53. The Kier molecular flexibility index (Phi) is 6.89. The van der Waals surface area contributed by atoms with E-state index in [1.165, 1.54) is 35.9 Å². The molecular formula is C22H23N5O2S2. The third-order valence-corrected chi connectivity index (χ3v) is 6.92. The molecule has 0 spiro atoms. The van der Waals surface area contributed by atoms with Gasteiger partial charge in [-0.25, -0.2) is 0 Å². The molecule has 2 aromatic heterocycles. The lowest BCUT2D eigenvalue weighted by atomic mass is 10.2. The van der Waals surface area contributed by atoms with Crippen molar-refractivity contribution in [3.63, 3.8) is 0 Å². The van der Waals surface area contributed by atoms with E-state index in [4.69, 9.17) is 10.00 Å². The van der Waals surface area contributed by atoms with Crippen molar-refractivity contribution in [3.05, 3.63) is 41.3 Å². The highest BCUT2D eigenvalue weighted by Crippen LogP contribution is 2.28. The van der Waals surface area contributed by atoms with Crippen molar-refractivity contribution in [2.45, 2.75) is 50.4 Å². The van der Waals surface area contributed by atoms with E-state index in [-0.39, 0.29) is 11.7 Å². The number of hydrogen-bond acceptors (Lipinski definition) is 7. The summed E-state index contributed by atoms with van der Waals surface area (Å²) in [7, 11) is 0. The van der Waals surface area contributed by atoms with Gasteiger partial charge in [-0.05, 0) is 68.3 Å². The van der Waals surface area contributed by atoms with Gasteiger partial charge in [0.05, 0.1) is 17.4 Å². The summed E-state index contributed by atoms with van der Waals surface area (Å²) in [5, 5.41) is 23.5. The number of thioether (sulfide) groups is 1. The lowest BCUT2D eigenvalue weighted by Gasteiger charge is -2.13. The molecule has 0 unspecified atom stereocenters. The minimum atomic E-state index is -0.176. The molecule has 1 N–H and O–H groups in total. The minimum absolute atomic E-state index is 0.176. The summed E-state index contributed by atoms with van der Waals surface area (Å²) < 4.78 is 8.04. The molecule has 0 atom stereocenters. The summed E-state index contributed by atoms with van der Waals surface area (Å²) in [4.78, 5) is 12.3. The lowest BCUT2D eigenvalue weighted by molar-refractivity contribution is -0.113. The molecule has 1 saturated carbocycles. The molecule has 1 aliphatic carbocycles. The first-order valence-electron chi connectivity index (χ1n) is 10.3. The summed E-state index contributed by atoms with van der Waals surface area (Å²) >= 11 is 2.67. The number of amides is 1. The number of thiophene rings is 1. The maximum atomic E-state index is 12.3. The number of nitrogens with zero attached hydrogens (tertiary/aromatic N) is 4. The smallest absolute Gasteiger partial charge is 0.235 e. The number of aromatic nitrogens is 3. The quantitative estimate of drug-likeness (QED) is 0.485. The molecule has 2 heterocycles. The number of rotatable bonds is 8. The van der Waals surface area contributed by atoms with Crippen LogP contribution in [0.25, 0.3) is 11.4 Å². The molecule has 1 aromatic carbocycles. The molecule has 1 fully saturated rings. The number of hydrogen-bond donors (Lipinski definition) is 1. The van der Waals surface area contributed by atoms with Crippen LogP contribution in [0.1, 0.15) is 38.2 Å². The van der Waals surface area contributed by atoms with E-state index in [2.05, 4.69) is 21.6 Å². The van der Waals surface area contributed by atoms with Crippen molar-refractivity contribution in [3.8, 4) is 23.2 Å². The van der Waals surface area contributed by atoms with Gasteiger partial charge in [0.25, 0.3) is 0 Å². The normalized spacial score (nSPS) is 13.8. The zero-order chi connectivity index (χ0) is 21.6. The first-order chi connectivity index (χ1) is 15.2. The maximum absolute atomic E-state index is 12.3. The molecule has 31 heavy (non-hydrogen) atoms. The third-order valence-electron chi connectivity index (χ3n) is 5.12. The van der Waals surface area contributed by atoms with Crippen molar-refractivity contribution in [1.29, 1.82) is 5.26 Å². The number of ether oxygens (including phenoxy) is 1. The molecule has 7 nitrogen and oxygen atoms in total. The number of anilines is 1. The second-order valence-corrected chi connectivity index (χ2v) is 9.07. The minimum Gasteiger partial charge on any atom is -0.490 e. The molecule has 1 aliphatic rings. The van der Waals surface area contributed by atoms with Crippen LogP contribution in [0.4, 0.5) is 5.00 Å². The van der Waals surface area contributed by atoms with Crippen LogP contribution in [0.2, 0.25) is 0 Å². The van der Waals surface area contributed by atoms with Gasteiger partial charge in [-0.2, -0.15) is 5.26 Å².